The molecule has 1 fully saturated rings. The van der Waals surface area contributed by atoms with Crippen molar-refractivity contribution >= 4 is 17.6 Å². The van der Waals surface area contributed by atoms with E-state index in [0.717, 1.165) is 5.56 Å². The van der Waals surface area contributed by atoms with Gasteiger partial charge < -0.3 is 14.6 Å². The molecular weight excluding hydrogens is 280 g/mol. The highest BCUT2D eigenvalue weighted by Gasteiger charge is 2.23. The second-order valence-electron chi connectivity index (χ2n) is 5.31. The minimum Gasteiger partial charge on any atom is -0.491 e. The van der Waals surface area contributed by atoms with Gasteiger partial charge >= 0.3 is 5.97 Å². The quantitative estimate of drug-likeness (QED) is 0.838. The first kappa shape index (κ1) is 15.0. The Bertz CT molecular complexity index is 497. The Morgan fingerprint density at radius 1 is 1.50 bits per heavy atom. The molecule has 0 spiro atoms. The van der Waals surface area contributed by atoms with Crippen molar-refractivity contribution < 1.29 is 19.4 Å². The maximum atomic E-state index is 10.9. The molecule has 1 aliphatic carbocycles. The summed E-state index contributed by atoms with van der Waals surface area (Å²) in [5.74, 6) is 0.451. The zero-order valence-corrected chi connectivity index (χ0v) is 12.4. The smallest absolute Gasteiger partial charge is 0.306 e. The van der Waals surface area contributed by atoms with E-state index in [1.54, 1.807) is 20.1 Å². The molecule has 110 valence electrons. The summed E-state index contributed by atoms with van der Waals surface area (Å²) >= 11 is 6.18. The minimum absolute atomic E-state index is 0.416. The third kappa shape index (κ3) is 3.79. The first-order valence-electron chi connectivity index (χ1n) is 6.73. The van der Waals surface area contributed by atoms with Crippen LogP contribution in [0.3, 0.4) is 0 Å². The van der Waals surface area contributed by atoms with Crippen LogP contribution in [0.1, 0.15) is 25.3 Å². The van der Waals surface area contributed by atoms with Gasteiger partial charge in [-0.25, -0.2) is 0 Å². The van der Waals surface area contributed by atoms with Gasteiger partial charge in [0.05, 0.1) is 24.7 Å². The van der Waals surface area contributed by atoms with Gasteiger partial charge in [-0.15, -0.1) is 0 Å². The summed E-state index contributed by atoms with van der Waals surface area (Å²) in [7, 11) is 1.55. The van der Waals surface area contributed by atoms with E-state index in [1.807, 2.05) is 6.07 Å². The second kappa shape index (κ2) is 6.35. The van der Waals surface area contributed by atoms with Gasteiger partial charge in [0.1, 0.15) is 0 Å². The summed E-state index contributed by atoms with van der Waals surface area (Å²) in [4.78, 5) is 10.9. The molecule has 1 saturated carbocycles. The lowest BCUT2D eigenvalue weighted by Crippen LogP contribution is -2.12. The van der Waals surface area contributed by atoms with Gasteiger partial charge in [0, 0.05) is 0 Å². The molecule has 1 aromatic rings. The van der Waals surface area contributed by atoms with Crippen molar-refractivity contribution in [2.75, 3.05) is 13.7 Å². The third-order valence-corrected chi connectivity index (χ3v) is 3.69. The van der Waals surface area contributed by atoms with Crippen LogP contribution in [-0.4, -0.2) is 24.8 Å². The Morgan fingerprint density at radius 2 is 2.20 bits per heavy atom. The number of halogens is 1. The zero-order chi connectivity index (χ0) is 14.7. The van der Waals surface area contributed by atoms with Crippen molar-refractivity contribution in [3.63, 3.8) is 0 Å². The molecule has 5 heteroatoms. The van der Waals surface area contributed by atoms with Crippen molar-refractivity contribution in [1.29, 1.82) is 0 Å². The number of carboxylic acid groups (broad SMARTS) is 1. The molecule has 1 aliphatic rings. The first-order valence-corrected chi connectivity index (χ1v) is 7.11. The summed E-state index contributed by atoms with van der Waals surface area (Å²) < 4.78 is 11.0. The molecule has 0 amide bonds. The van der Waals surface area contributed by atoms with Crippen molar-refractivity contribution in [3.8, 4) is 11.5 Å². The summed E-state index contributed by atoms with van der Waals surface area (Å²) in [6.45, 7) is 2.33. The summed E-state index contributed by atoms with van der Waals surface area (Å²) in [6, 6.07) is 3.57. The highest BCUT2D eigenvalue weighted by molar-refractivity contribution is 6.32. The van der Waals surface area contributed by atoms with Crippen LogP contribution < -0.4 is 9.47 Å². The van der Waals surface area contributed by atoms with E-state index in [4.69, 9.17) is 26.2 Å². The fraction of sp³-hybridized carbons (Fsp3) is 0.533. The fourth-order valence-corrected chi connectivity index (χ4v) is 2.29. The molecule has 0 saturated heterocycles. The van der Waals surface area contributed by atoms with Crippen molar-refractivity contribution in [2.24, 2.45) is 11.8 Å². The fourth-order valence-electron chi connectivity index (χ4n) is 1.98. The molecule has 0 bridgehead atoms. The first-order chi connectivity index (χ1) is 9.51. The molecule has 1 N–H and O–H groups in total. The molecule has 1 unspecified atom stereocenters. The summed E-state index contributed by atoms with van der Waals surface area (Å²) in [5, 5.41) is 9.43. The second-order valence-corrected chi connectivity index (χ2v) is 5.71. The Morgan fingerprint density at radius 3 is 2.75 bits per heavy atom. The van der Waals surface area contributed by atoms with E-state index in [1.165, 1.54) is 12.8 Å². The van der Waals surface area contributed by atoms with Gasteiger partial charge in [-0.05, 0) is 42.9 Å². The van der Waals surface area contributed by atoms with E-state index >= 15 is 0 Å². The van der Waals surface area contributed by atoms with E-state index in [9.17, 15) is 4.79 Å². The number of benzene rings is 1. The van der Waals surface area contributed by atoms with Crippen LogP contribution in [0.5, 0.6) is 11.5 Å². The normalized spacial score (nSPS) is 15.8. The van der Waals surface area contributed by atoms with Gasteiger partial charge in [0.25, 0.3) is 0 Å². The molecule has 0 radical (unpaired) electrons. The predicted molar refractivity (Wildman–Crippen MR) is 76.7 cm³/mol. The molecule has 0 aromatic heterocycles. The van der Waals surface area contributed by atoms with Gasteiger partial charge in [0.2, 0.25) is 0 Å². The van der Waals surface area contributed by atoms with Gasteiger partial charge in [-0.3, -0.25) is 4.79 Å². The monoisotopic (exact) mass is 298 g/mol. The molecule has 20 heavy (non-hydrogen) atoms. The van der Waals surface area contributed by atoms with Crippen molar-refractivity contribution in [1.82, 2.24) is 0 Å². The maximum absolute atomic E-state index is 10.9. The van der Waals surface area contributed by atoms with Crippen LogP contribution in [0.15, 0.2) is 12.1 Å². The zero-order valence-electron chi connectivity index (χ0n) is 11.7. The van der Waals surface area contributed by atoms with Crippen LogP contribution in [0.4, 0.5) is 0 Å². The van der Waals surface area contributed by atoms with Crippen LogP contribution in [0.25, 0.3) is 0 Å². The molecule has 4 nitrogen and oxygen atoms in total. The number of methoxy groups -OCH3 is 1. The predicted octanol–water partition coefficient (Wildman–Crippen LogP) is 3.40. The Hall–Kier alpha value is -1.42. The van der Waals surface area contributed by atoms with Gasteiger partial charge in [-0.1, -0.05) is 18.5 Å². The summed E-state index contributed by atoms with van der Waals surface area (Å²) in [5.41, 5.74) is 0.844. The number of hydrogen-bond acceptors (Lipinski definition) is 3. The number of aliphatic carboxylic acids is 1. The highest BCUT2D eigenvalue weighted by Crippen LogP contribution is 2.38. The standard InChI is InChI=1S/C15H19ClO4/c1-9(15(17)18)5-11-6-12(16)14(19-2)13(7-11)20-8-10-3-4-10/h6-7,9-10H,3-5,8H2,1-2H3,(H,17,18). The van der Waals surface area contributed by atoms with E-state index < -0.39 is 11.9 Å². The SMILES string of the molecule is COc1c(Cl)cc(CC(C)C(=O)O)cc1OCC1CC1. The molecular formula is C15H19ClO4. The van der Waals surface area contributed by atoms with Gasteiger partial charge in [-0.2, -0.15) is 0 Å². The largest absolute Gasteiger partial charge is 0.491 e. The minimum atomic E-state index is -0.822. The average molecular weight is 299 g/mol. The van der Waals surface area contributed by atoms with E-state index in [0.29, 0.717) is 35.5 Å². The third-order valence-electron chi connectivity index (χ3n) is 3.41. The Kier molecular flexibility index (Phi) is 4.76. The number of carbonyl (C=O) groups is 1. The van der Waals surface area contributed by atoms with Crippen LogP contribution >= 0.6 is 11.6 Å². The highest BCUT2D eigenvalue weighted by atomic mass is 35.5. The molecule has 1 atom stereocenters. The molecule has 0 heterocycles. The topological polar surface area (TPSA) is 55.8 Å². The lowest BCUT2D eigenvalue weighted by atomic mass is 10.0. The molecule has 0 aliphatic heterocycles. The van der Waals surface area contributed by atoms with Crippen LogP contribution in [0, 0.1) is 11.8 Å². The van der Waals surface area contributed by atoms with Gasteiger partial charge in [0.15, 0.2) is 11.5 Å². The Labute approximate surface area is 123 Å². The lowest BCUT2D eigenvalue weighted by Gasteiger charge is -2.15. The molecule has 2 rings (SSSR count). The van der Waals surface area contributed by atoms with Crippen molar-refractivity contribution in [2.45, 2.75) is 26.2 Å². The van der Waals surface area contributed by atoms with Crippen molar-refractivity contribution in [3.05, 3.63) is 22.7 Å². The summed E-state index contributed by atoms with van der Waals surface area (Å²) in [6.07, 6.45) is 2.82. The van der Waals surface area contributed by atoms with Crippen LogP contribution in [-0.2, 0) is 11.2 Å². The molecule has 1 aromatic carbocycles. The maximum Gasteiger partial charge on any atom is 0.306 e. The number of carboxylic acids is 1. The van der Waals surface area contributed by atoms with Crippen LogP contribution in [0.2, 0.25) is 5.02 Å². The van der Waals surface area contributed by atoms with E-state index in [2.05, 4.69) is 0 Å². The Balaban J connectivity index is 2.17. The lowest BCUT2D eigenvalue weighted by molar-refractivity contribution is -0.141. The number of ether oxygens (including phenoxy) is 2. The van der Waals surface area contributed by atoms with E-state index in [-0.39, 0.29) is 0 Å². The average Bonchev–Trinajstić information content (AvgIpc) is 3.19. The number of hydrogen-bond donors (Lipinski definition) is 1. The number of rotatable bonds is 7.